The van der Waals surface area contributed by atoms with Crippen LogP contribution >= 0.6 is 0 Å². The summed E-state index contributed by atoms with van der Waals surface area (Å²) in [6, 6.07) is 16.2. The third-order valence-corrected chi connectivity index (χ3v) is 3.56. The van der Waals surface area contributed by atoms with Gasteiger partial charge in [0.2, 0.25) is 0 Å². The molecule has 6 nitrogen and oxygen atoms in total. The Labute approximate surface area is 132 Å². The molecule has 23 heavy (non-hydrogen) atoms. The van der Waals surface area contributed by atoms with Gasteiger partial charge in [-0.25, -0.2) is 0 Å². The van der Waals surface area contributed by atoms with E-state index >= 15 is 0 Å². The molecule has 0 amide bonds. The minimum Gasteiger partial charge on any atom is -0.497 e. The van der Waals surface area contributed by atoms with E-state index in [0.717, 1.165) is 28.3 Å². The van der Waals surface area contributed by atoms with Gasteiger partial charge in [-0.3, -0.25) is 15.2 Å². The number of nitro groups is 1. The van der Waals surface area contributed by atoms with Gasteiger partial charge in [0.05, 0.1) is 17.7 Å². The van der Waals surface area contributed by atoms with E-state index in [4.69, 9.17) is 4.74 Å². The third-order valence-electron chi connectivity index (χ3n) is 3.56. The number of aromatic amines is 1. The molecule has 0 aliphatic carbocycles. The molecular weight excluding hydrogens is 294 g/mol. The molecule has 0 fully saturated rings. The van der Waals surface area contributed by atoms with Crippen LogP contribution in [0.1, 0.15) is 11.3 Å². The quantitative estimate of drug-likeness (QED) is 0.577. The largest absolute Gasteiger partial charge is 0.497 e. The predicted octanol–water partition coefficient (Wildman–Crippen LogP) is 3.58. The average molecular weight is 309 g/mol. The minimum atomic E-state index is -0.401. The Morgan fingerprint density at radius 2 is 1.83 bits per heavy atom. The lowest BCUT2D eigenvalue weighted by Crippen LogP contribution is -1.91. The lowest BCUT2D eigenvalue weighted by Gasteiger charge is -2.00. The normalized spacial score (nSPS) is 10.5. The van der Waals surface area contributed by atoms with Crippen LogP contribution in [0, 0.1) is 10.1 Å². The van der Waals surface area contributed by atoms with Crippen LogP contribution in [0.5, 0.6) is 5.75 Å². The first-order valence-corrected chi connectivity index (χ1v) is 7.08. The van der Waals surface area contributed by atoms with Crippen LogP contribution in [0.4, 0.5) is 5.69 Å². The number of hydrogen-bond donors (Lipinski definition) is 1. The number of aromatic nitrogens is 2. The van der Waals surface area contributed by atoms with Gasteiger partial charge >= 0.3 is 0 Å². The molecule has 2 aromatic carbocycles. The smallest absolute Gasteiger partial charge is 0.269 e. The monoisotopic (exact) mass is 309 g/mol. The zero-order chi connectivity index (χ0) is 16.2. The summed E-state index contributed by atoms with van der Waals surface area (Å²) in [4.78, 5) is 10.3. The highest BCUT2D eigenvalue weighted by Gasteiger charge is 2.07. The summed E-state index contributed by atoms with van der Waals surface area (Å²) in [5.41, 5.74) is 3.88. The molecule has 0 radical (unpaired) electrons. The summed E-state index contributed by atoms with van der Waals surface area (Å²) in [7, 11) is 1.63. The van der Waals surface area contributed by atoms with Crippen molar-refractivity contribution >= 4 is 5.69 Å². The Morgan fingerprint density at radius 3 is 2.43 bits per heavy atom. The van der Waals surface area contributed by atoms with Crippen molar-refractivity contribution in [2.45, 2.75) is 6.42 Å². The first-order chi connectivity index (χ1) is 11.2. The molecule has 3 rings (SSSR count). The van der Waals surface area contributed by atoms with E-state index in [9.17, 15) is 10.1 Å². The number of H-pyrrole nitrogens is 1. The molecule has 0 saturated carbocycles. The number of nitro benzene ring substituents is 1. The number of nitrogens with one attached hydrogen (secondary N) is 1. The molecule has 3 aromatic rings. The van der Waals surface area contributed by atoms with Crippen molar-refractivity contribution < 1.29 is 9.66 Å². The number of hydrogen-bond acceptors (Lipinski definition) is 4. The fraction of sp³-hybridized carbons (Fsp3) is 0.118. The molecule has 0 bridgehead atoms. The molecule has 0 aliphatic heterocycles. The van der Waals surface area contributed by atoms with Gasteiger partial charge in [0.25, 0.3) is 5.69 Å². The molecule has 0 spiro atoms. The molecule has 6 heteroatoms. The second-order valence-electron chi connectivity index (χ2n) is 5.11. The standard InChI is InChI=1S/C17H15N3O3/c1-23-16-8-4-13(5-9-16)17-11-14(18-19-17)10-12-2-6-15(7-3-12)20(21)22/h2-9,11H,10H2,1H3,(H,18,19). The van der Waals surface area contributed by atoms with Gasteiger partial charge < -0.3 is 4.74 Å². The van der Waals surface area contributed by atoms with Crippen LogP contribution in [0.3, 0.4) is 0 Å². The second-order valence-corrected chi connectivity index (χ2v) is 5.11. The summed E-state index contributed by atoms with van der Waals surface area (Å²) in [6.07, 6.45) is 0.640. The van der Waals surface area contributed by atoms with Crippen LogP contribution in [0.15, 0.2) is 54.6 Å². The summed E-state index contributed by atoms with van der Waals surface area (Å²) in [6.45, 7) is 0. The fourth-order valence-electron chi connectivity index (χ4n) is 2.32. The van der Waals surface area contributed by atoms with Gasteiger partial charge in [-0.15, -0.1) is 0 Å². The Hall–Kier alpha value is -3.15. The third kappa shape index (κ3) is 3.37. The SMILES string of the molecule is COc1ccc(-c2cc(Cc3ccc([N+](=O)[O-])cc3)[nH]n2)cc1. The number of rotatable bonds is 5. The van der Waals surface area contributed by atoms with Crippen LogP contribution < -0.4 is 4.74 Å². The van der Waals surface area contributed by atoms with Gasteiger partial charge in [-0.05, 0) is 35.9 Å². The topological polar surface area (TPSA) is 81.0 Å². The Kier molecular flexibility index (Phi) is 4.05. The number of nitrogens with zero attached hydrogens (tertiary/aromatic N) is 2. The van der Waals surface area contributed by atoms with Crippen LogP contribution in [0.25, 0.3) is 11.3 Å². The Bertz CT molecular complexity index is 808. The van der Waals surface area contributed by atoms with Gasteiger partial charge in [-0.2, -0.15) is 5.10 Å². The highest BCUT2D eigenvalue weighted by atomic mass is 16.6. The molecule has 116 valence electrons. The van der Waals surface area contributed by atoms with E-state index < -0.39 is 4.92 Å². The van der Waals surface area contributed by atoms with Crippen molar-refractivity contribution in [3.8, 4) is 17.0 Å². The highest BCUT2D eigenvalue weighted by molar-refractivity contribution is 5.60. The molecule has 1 aromatic heterocycles. The average Bonchev–Trinajstić information content (AvgIpc) is 3.04. The highest BCUT2D eigenvalue weighted by Crippen LogP contribution is 2.22. The molecule has 1 heterocycles. The van der Waals surface area contributed by atoms with E-state index in [0.29, 0.717) is 6.42 Å². The van der Waals surface area contributed by atoms with E-state index in [1.54, 1.807) is 19.2 Å². The summed E-state index contributed by atoms with van der Waals surface area (Å²) < 4.78 is 5.14. The van der Waals surface area contributed by atoms with Crippen LogP contribution in [-0.4, -0.2) is 22.2 Å². The lowest BCUT2D eigenvalue weighted by atomic mass is 10.1. The maximum absolute atomic E-state index is 10.7. The number of benzene rings is 2. The first kappa shape index (κ1) is 14.8. The summed E-state index contributed by atoms with van der Waals surface area (Å²) in [5.74, 6) is 0.801. The fourth-order valence-corrected chi connectivity index (χ4v) is 2.32. The van der Waals surface area contributed by atoms with Gasteiger partial charge in [0.15, 0.2) is 0 Å². The number of non-ortho nitro benzene ring substituents is 1. The maximum Gasteiger partial charge on any atom is 0.269 e. The van der Waals surface area contributed by atoms with Crippen LogP contribution in [-0.2, 0) is 6.42 Å². The summed E-state index contributed by atoms with van der Waals surface area (Å²) in [5, 5.41) is 18.0. The molecular formula is C17H15N3O3. The number of ether oxygens (including phenoxy) is 1. The molecule has 0 unspecified atom stereocenters. The van der Waals surface area contributed by atoms with Crippen molar-refractivity contribution in [3.05, 3.63) is 76.0 Å². The van der Waals surface area contributed by atoms with E-state index in [1.807, 2.05) is 30.3 Å². The van der Waals surface area contributed by atoms with E-state index in [1.165, 1.54) is 12.1 Å². The Balaban J connectivity index is 1.74. The predicted molar refractivity (Wildman–Crippen MR) is 86.5 cm³/mol. The zero-order valence-corrected chi connectivity index (χ0v) is 12.5. The lowest BCUT2D eigenvalue weighted by molar-refractivity contribution is -0.384. The molecule has 1 N–H and O–H groups in total. The van der Waals surface area contributed by atoms with Crippen molar-refractivity contribution in [1.29, 1.82) is 0 Å². The minimum absolute atomic E-state index is 0.0947. The van der Waals surface area contributed by atoms with Crippen molar-refractivity contribution in [3.63, 3.8) is 0 Å². The molecule has 0 saturated heterocycles. The maximum atomic E-state index is 10.7. The molecule has 0 atom stereocenters. The zero-order valence-electron chi connectivity index (χ0n) is 12.5. The van der Waals surface area contributed by atoms with Gasteiger partial charge in [-0.1, -0.05) is 12.1 Å². The first-order valence-electron chi connectivity index (χ1n) is 7.08. The van der Waals surface area contributed by atoms with Crippen molar-refractivity contribution in [2.24, 2.45) is 0 Å². The summed E-state index contributed by atoms with van der Waals surface area (Å²) >= 11 is 0. The van der Waals surface area contributed by atoms with Crippen molar-refractivity contribution in [2.75, 3.05) is 7.11 Å². The van der Waals surface area contributed by atoms with E-state index in [-0.39, 0.29) is 5.69 Å². The van der Waals surface area contributed by atoms with Gasteiger partial charge in [0.1, 0.15) is 5.75 Å². The number of methoxy groups -OCH3 is 1. The second kappa shape index (κ2) is 6.31. The van der Waals surface area contributed by atoms with E-state index in [2.05, 4.69) is 10.2 Å². The molecule has 0 aliphatic rings. The van der Waals surface area contributed by atoms with Crippen molar-refractivity contribution in [1.82, 2.24) is 10.2 Å². The van der Waals surface area contributed by atoms with Gasteiger partial charge in [0, 0.05) is 29.8 Å². The Morgan fingerprint density at radius 1 is 1.13 bits per heavy atom. The van der Waals surface area contributed by atoms with Crippen LogP contribution in [0.2, 0.25) is 0 Å².